The second-order valence-corrected chi connectivity index (χ2v) is 23.2. The van der Waals surface area contributed by atoms with Crippen LogP contribution in [0.4, 0.5) is 4.39 Å². The maximum Gasteiger partial charge on any atom is 0.124 e. The Labute approximate surface area is 278 Å². The zero-order valence-corrected chi connectivity index (χ0v) is 30.9. The van der Waals surface area contributed by atoms with Crippen molar-refractivity contribution >= 4 is 39.6 Å². The van der Waals surface area contributed by atoms with Crippen molar-refractivity contribution in [3.63, 3.8) is 0 Å². The van der Waals surface area contributed by atoms with Crippen molar-refractivity contribution in [3.8, 4) is 22.5 Å². The summed E-state index contributed by atoms with van der Waals surface area (Å²) < 4.78 is 29.2. The first kappa shape index (κ1) is 32.3. The van der Waals surface area contributed by atoms with Crippen LogP contribution in [0.5, 0.6) is 0 Å². The van der Waals surface area contributed by atoms with Crippen LogP contribution in [-0.4, -0.2) is 23.2 Å². The number of hydrogen-bond acceptors (Lipinski definition) is 3. The Hall–Kier alpha value is -3.12. The number of nitrogens with zero attached hydrogens (tertiary/aromatic N) is 2. The summed E-state index contributed by atoms with van der Waals surface area (Å²) in [5.41, 5.74) is 7.17. The van der Waals surface area contributed by atoms with Gasteiger partial charge in [0.1, 0.15) is 11.4 Å². The van der Waals surface area contributed by atoms with E-state index in [0.29, 0.717) is 22.8 Å². The van der Waals surface area contributed by atoms with E-state index >= 15 is 0 Å². The van der Waals surface area contributed by atoms with Crippen LogP contribution in [0.25, 0.3) is 44.5 Å². The summed E-state index contributed by atoms with van der Waals surface area (Å²) in [6, 6.07) is 28.7. The number of pyridine rings is 2. The molecule has 0 saturated heterocycles. The third-order valence-corrected chi connectivity index (χ3v) is 11.7. The van der Waals surface area contributed by atoms with Gasteiger partial charge in [-0.1, -0.05) is 36.4 Å². The summed E-state index contributed by atoms with van der Waals surface area (Å²) in [6.07, 6.45) is 4.96. The summed E-state index contributed by atoms with van der Waals surface area (Å²) in [7, 11) is 0. The Bertz CT molecular complexity index is 1910. The molecule has 3 heterocycles. The van der Waals surface area contributed by atoms with E-state index in [1.165, 1.54) is 17.7 Å². The average molecular weight is 825 g/mol. The molecule has 0 bridgehead atoms. The van der Waals surface area contributed by atoms with E-state index in [-0.39, 0.29) is 25.9 Å². The molecular weight excluding hydrogens is 784 g/mol. The standard InChI is InChI=1S/C20H15FNO.C18H24GeN.Ir/c1-12(2)13-8-9-22-18(10-13)16-5-3-4-15-17-11-14(21)6-7-19(17)23-20(15)16;1-14(2)11-16-12-18(15-9-7-6-8-10-15)20-13-17(16)19(3,4)5;/h3-4,6-12H,1-2H3;6-9,12-14H,11H2,1-5H3;/q2*-1;/i12D;;. The Kier molecular flexibility index (Phi) is 10.5. The minimum atomic E-state index is -1.86. The number of benzene rings is 3. The van der Waals surface area contributed by atoms with Crippen molar-refractivity contribution < 1.29 is 30.3 Å². The van der Waals surface area contributed by atoms with E-state index in [2.05, 4.69) is 66.6 Å². The van der Waals surface area contributed by atoms with Crippen molar-refractivity contribution in [3.05, 3.63) is 114 Å². The summed E-state index contributed by atoms with van der Waals surface area (Å²) in [5, 5.41) is 1.56. The SMILES string of the molecule is CC(C)Cc1cc(-c2[c-]cccc2)nc[c]1[Ge]([CH3])([CH3])[CH3].[2H]C(C)(C)c1ccnc(-c2[c-]ccc3c2oc2ccc(F)cc23)c1.[Ir]. The molecule has 0 aliphatic heterocycles. The van der Waals surface area contributed by atoms with E-state index < -0.39 is 19.2 Å². The van der Waals surface area contributed by atoms with Crippen LogP contribution < -0.4 is 4.40 Å². The van der Waals surface area contributed by atoms with Crippen molar-refractivity contribution in [2.24, 2.45) is 5.92 Å². The third kappa shape index (κ3) is 7.74. The van der Waals surface area contributed by atoms with Gasteiger partial charge < -0.3 is 9.40 Å². The number of hydrogen-bond donors (Lipinski definition) is 0. The zero-order chi connectivity index (χ0) is 31.6. The first-order valence-electron chi connectivity index (χ1n) is 15.3. The van der Waals surface area contributed by atoms with Gasteiger partial charge in [0.2, 0.25) is 0 Å². The Morgan fingerprint density at radius 2 is 1.68 bits per heavy atom. The number of halogens is 1. The van der Waals surface area contributed by atoms with Crippen LogP contribution in [0.2, 0.25) is 17.3 Å². The topological polar surface area (TPSA) is 38.9 Å². The zero-order valence-electron chi connectivity index (χ0n) is 27.4. The Morgan fingerprint density at radius 1 is 0.886 bits per heavy atom. The normalized spacial score (nSPS) is 12.1. The molecule has 0 saturated carbocycles. The van der Waals surface area contributed by atoms with Gasteiger partial charge in [0.15, 0.2) is 0 Å². The first-order valence-corrected chi connectivity index (χ1v) is 22.1. The van der Waals surface area contributed by atoms with Gasteiger partial charge in [0.05, 0.1) is 5.58 Å². The number of fused-ring (bicyclic) bond motifs is 3. The van der Waals surface area contributed by atoms with Crippen molar-refractivity contribution in [2.75, 3.05) is 0 Å². The molecule has 3 aromatic carbocycles. The fourth-order valence-corrected chi connectivity index (χ4v) is 8.60. The fourth-order valence-electron chi connectivity index (χ4n) is 5.26. The molecule has 6 rings (SSSR count). The van der Waals surface area contributed by atoms with E-state index in [9.17, 15) is 4.39 Å². The van der Waals surface area contributed by atoms with Gasteiger partial charge in [0, 0.05) is 33.1 Å². The Balaban J connectivity index is 0.000000204. The van der Waals surface area contributed by atoms with Gasteiger partial charge in [0.25, 0.3) is 0 Å². The second-order valence-electron chi connectivity index (χ2n) is 12.6. The van der Waals surface area contributed by atoms with E-state index in [4.69, 9.17) is 10.8 Å². The number of aromatic nitrogens is 2. The maximum atomic E-state index is 13.6. The van der Waals surface area contributed by atoms with Crippen LogP contribution in [-0.2, 0) is 26.5 Å². The van der Waals surface area contributed by atoms with Crippen LogP contribution >= 0.6 is 0 Å². The molecule has 1 radical (unpaired) electrons. The van der Waals surface area contributed by atoms with Crippen LogP contribution in [0.3, 0.4) is 0 Å². The van der Waals surface area contributed by atoms with Gasteiger partial charge >= 0.3 is 126 Å². The number of furan rings is 1. The fraction of sp³-hybridized carbons (Fsp3) is 0.263. The van der Waals surface area contributed by atoms with E-state index in [1.54, 1.807) is 22.7 Å². The van der Waals surface area contributed by atoms with Gasteiger partial charge in [-0.15, -0.1) is 18.2 Å². The summed E-state index contributed by atoms with van der Waals surface area (Å²) in [6.45, 7) is 8.24. The largest absolute Gasteiger partial charge is 0.501 e. The van der Waals surface area contributed by atoms with Crippen LogP contribution in [0, 0.1) is 23.9 Å². The number of rotatable bonds is 6. The molecule has 44 heavy (non-hydrogen) atoms. The molecule has 0 N–H and O–H groups in total. The van der Waals surface area contributed by atoms with Crippen LogP contribution in [0.1, 0.15) is 46.1 Å². The van der Waals surface area contributed by atoms with Crippen molar-refractivity contribution in [2.45, 2.75) is 57.3 Å². The molecule has 6 aromatic rings. The van der Waals surface area contributed by atoms with Gasteiger partial charge in [-0.2, -0.15) is 0 Å². The Morgan fingerprint density at radius 3 is 2.36 bits per heavy atom. The smallest absolute Gasteiger partial charge is 0.124 e. The van der Waals surface area contributed by atoms with Crippen LogP contribution in [0.15, 0.2) is 89.6 Å². The molecule has 3 nitrogen and oxygen atoms in total. The molecule has 6 heteroatoms. The first-order chi connectivity index (χ1) is 20.8. The second kappa shape index (κ2) is 14.3. The molecule has 229 valence electrons. The molecule has 0 unspecified atom stereocenters. The summed E-state index contributed by atoms with van der Waals surface area (Å²) >= 11 is -1.86. The predicted octanol–water partition coefficient (Wildman–Crippen LogP) is 10.0. The minimum Gasteiger partial charge on any atom is -0.501 e. The molecule has 0 amide bonds. The molecule has 0 atom stereocenters. The molecule has 0 aliphatic rings. The molecule has 3 aromatic heterocycles. The molecule has 0 spiro atoms. The quantitative estimate of drug-likeness (QED) is 0.124. The molecular formula is C38H39FGeIrN2O-2. The van der Waals surface area contributed by atoms with Gasteiger partial charge in [-0.25, -0.2) is 4.39 Å². The predicted molar refractivity (Wildman–Crippen MR) is 180 cm³/mol. The summed E-state index contributed by atoms with van der Waals surface area (Å²) in [5.74, 6) is 6.98. The van der Waals surface area contributed by atoms with E-state index in [0.717, 1.165) is 39.6 Å². The van der Waals surface area contributed by atoms with Crippen molar-refractivity contribution in [1.29, 1.82) is 0 Å². The molecule has 0 fully saturated rings. The monoisotopic (exact) mass is 826 g/mol. The summed E-state index contributed by atoms with van der Waals surface area (Å²) in [4.78, 5) is 9.11. The molecule has 0 aliphatic carbocycles. The third-order valence-electron chi connectivity index (χ3n) is 7.40. The van der Waals surface area contributed by atoms with Crippen molar-refractivity contribution in [1.82, 2.24) is 9.97 Å². The van der Waals surface area contributed by atoms with Gasteiger partial charge in [-0.05, 0) is 35.9 Å². The minimum absolute atomic E-state index is 0. The maximum absolute atomic E-state index is 13.6. The van der Waals surface area contributed by atoms with Gasteiger partial charge in [-0.3, -0.25) is 0 Å². The average Bonchev–Trinajstić information content (AvgIpc) is 3.35. The van der Waals surface area contributed by atoms with E-state index in [1.807, 2.05) is 50.2 Å².